The fourth-order valence-electron chi connectivity index (χ4n) is 0.263. The number of methoxy groups -OCH3 is 1. The van der Waals surface area contributed by atoms with E-state index in [2.05, 4.69) is 4.74 Å². The summed E-state index contributed by atoms with van der Waals surface area (Å²) in [5, 5.41) is 0. The topological polar surface area (TPSA) is 26.3 Å². The third-order valence-corrected chi connectivity index (χ3v) is 0.700. The minimum atomic E-state index is 0. The Morgan fingerprint density at radius 3 is 2.25 bits per heavy atom. The Labute approximate surface area is 50.8 Å². The van der Waals surface area contributed by atoms with E-state index < -0.39 is 0 Å². The molecule has 0 spiro atoms. The molecule has 0 saturated carbocycles. The van der Waals surface area contributed by atoms with Crippen LogP contribution >= 0.6 is 0 Å². The number of Topliss-reactive ketones (excluding diaryl/α,β-unsaturated/α-hetero) is 1. The van der Waals surface area contributed by atoms with E-state index >= 15 is 0 Å². The molecule has 0 amide bonds. The highest BCUT2D eigenvalue weighted by molar-refractivity contribution is 5.79. The van der Waals surface area contributed by atoms with Crippen molar-refractivity contribution < 1.29 is 9.53 Å². The summed E-state index contributed by atoms with van der Waals surface area (Å²) >= 11 is 0. The van der Waals surface area contributed by atoms with Crippen molar-refractivity contribution in [3.8, 4) is 0 Å². The minimum absolute atomic E-state index is 0. The van der Waals surface area contributed by atoms with E-state index in [1.54, 1.807) is 0 Å². The van der Waals surface area contributed by atoms with Crippen LogP contribution in [0.4, 0.5) is 0 Å². The molecule has 0 atom stereocenters. The van der Waals surface area contributed by atoms with Crippen molar-refractivity contribution in [2.24, 2.45) is 0 Å². The molecule has 2 nitrogen and oxygen atoms in total. The Bertz CT molecular complexity index is 59.5. The third-order valence-electron chi connectivity index (χ3n) is 0.700. The molecule has 0 aliphatic rings. The van der Waals surface area contributed by atoms with E-state index in [4.69, 9.17) is 0 Å². The van der Waals surface area contributed by atoms with E-state index in [1.807, 2.05) is 6.92 Å². The molecule has 0 aromatic rings. The zero-order chi connectivity index (χ0) is 5.70. The molecular weight excluding hydrogens is 104 g/mol. The van der Waals surface area contributed by atoms with Gasteiger partial charge in [-0.05, 0) is 0 Å². The molecule has 0 rings (SSSR count). The molecule has 0 aliphatic heterocycles. The lowest BCUT2D eigenvalue weighted by Gasteiger charge is -1.89. The highest BCUT2D eigenvalue weighted by atomic mass is 16.5. The first-order valence-corrected chi connectivity index (χ1v) is 2.32. The second kappa shape index (κ2) is 6.63. The molecule has 0 aromatic carbocycles. The molecule has 0 saturated heterocycles. The van der Waals surface area contributed by atoms with Crippen molar-refractivity contribution in [3.63, 3.8) is 0 Å². The average molecular weight is 118 g/mol. The third kappa shape index (κ3) is 5.63. The van der Waals surface area contributed by atoms with Gasteiger partial charge < -0.3 is 4.74 Å². The van der Waals surface area contributed by atoms with Crippen LogP contribution < -0.4 is 0 Å². The van der Waals surface area contributed by atoms with Gasteiger partial charge in [0.05, 0.1) is 0 Å². The molecular formula is C6H14O2. The lowest BCUT2D eigenvalue weighted by molar-refractivity contribution is -0.122. The summed E-state index contributed by atoms with van der Waals surface area (Å²) in [7, 11) is 1.52. The highest BCUT2D eigenvalue weighted by Crippen LogP contribution is 1.78. The Morgan fingerprint density at radius 2 is 2.12 bits per heavy atom. The van der Waals surface area contributed by atoms with Gasteiger partial charge in [-0.15, -0.1) is 0 Å². The van der Waals surface area contributed by atoms with Crippen LogP contribution in [0.1, 0.15) is 20.8 Å². The van der Waals surface area contributed by atoms with Crippen LogP contribution in [0.3, 0.4) is 0 Å². The summed E-state index contributed by atoms with van der Waals surface area (Å²) in [4.78, 5) is 10.3. The maximum Gasteiger partial charge on any atom is 0.158 e. The lowest BCUT2D eigenvalue weighted by atomic mass is 10.3. The standard InChI is InChI=1S/C5H10O2.CH4/c1-3-5(6)4-7-2;/h3-4H2,1-2H3;1H4. The monoisotopic (exact) mass is 118 g/mol. The summed E-state index contributed by atoms with van der Waals surface area (Å²) in [6.45, 7) is 2.08. The maximum absolute atomic E-state index is 10.3. The van der Waals surface area contributed by atoms with Crippen LogP contribution in [-0.4, -0.2) is 19.5 Å². The van der Waals surface area contributed by atoms with Crippen molar-refractivity contribution >= 4 is 5.78 Å². The van der Waals surface area contributed by atoms with Crippen LogP contribution in [0.15, 0.2) is 0 Å². The number of carbonyl (C=O) groups excluding carboxylic acids is 1. The predicted molar refractivity (Wildman–Crippen MR) is 33.9 cm³/mol. The zero-order valence-corrected chi connectivity index (χ0v) is 4.73. The van der Waals surface area contributed by atoms with E-state index in [9.17, 15) is 4.79 Å². The molecule has 50 valence electrons. The van der Waals surface area contributed by atoms with E-state index in [0.29, 0.717) is 6.42 Å². The Kier molecular flexibility index (Phi) is 8.77. The number of hydrogen-bond acceptors (Lipinski definition) is 2. The van der Waals surface area contributed by atoms with Gasteiger partial charge in [0, 0.05) is 13.5 Å². The normalized spacial score (nSPS) is 7.75. The average Bonchev–Trinajstić information content (AvgIpc) is 1.68. The molecule has 0 fully saturated rings. The first kappa shape index (κ1) is 10.6. The molecule has 8 heavy (non-hydrogen) atoms. The summed E-state index contributed by atoms with van der Waals surface area (Å²) < 4.78 is 4.54. The van der Waals surface area contributed by atoms with Crippen LogP contribution in [0, 0.1) is 0 Å². The SMILES string of the molecule is C.CCC(=O)COC. The number of carbonyl (C=O) groups is 1. The van der Waals surface area contributed by atoms with Gasteiger partial charge in [0.25, 0.3) is 0 Å². The Hall–Kier alpha value is -0.370. The van der Waals surface area contributed by atoms with E-state index in [0.717, 1.165) is 0 Å². The van der Waals surface area contributed by atoms with Gasteiger partial charge in [0.1, 0.15) is 6.61 Å². The van der Waals surface area contributed by atoms with Crippen molar-refractivity contribution in [1.82, 2.24) is 0 Å². The number of hydrogen-bond donors (Lipinski definition) is 0. The molecule has 0 unspecified atom stereocenters. The smallest absolute Gasteiger partial charge is 0.158 e. The first-order valence-electron chi connectivity index (χ1n) is 2.32. The van der Waals surface area contributed by atoms with Gasteiger partial charge in [-0.1, -0.05) is 14.4 Å². The van der Waals surface area contributed by atoms with E-state index in [1.165, 1.54) is 7.11 Å². The fraction of sp³-hybridized carbons (Fsp3) is 0.833. The summed E-state index contributed by atoms with van der Waals surface area (Å²) in [5.41, 5.74) is 0. The molecule has 0 heterocycles. The highest BCUT2D eigenvalue weighted by Gasteiger charge is 1.91. The van der Waals surface area contributed by atoms with Crippen LogP contribution in [0.25, 0.3) is 0 Å². The first-order chi connectivity index (χ1) is 3.31. The minimum Gasteiger partial charge on any atom is -0.377 e. The molecule has 0 radical (unpaired) electrons. The lowest BCUT2D eigenvalue weighted by Crippen LogP contribution is -2.03. The zero-order valence-electron chi connectivity index (χ0n) is 4.73. The molecule has 0 N–H and O–H groups in total. The number of rotatable bonds is 3. The molecule has 2 heteroatoms. The van der Waals surface area contributed by atoms with Gasteiger partial charge in [-0.3, -0.25) is 4.79 Å². The Balaban J connectivity index is 0. The summed E-state index contributed by atoms with van der Waals surface area (Å²) in [5.74, 6) is 0.155. The number of ketones is 1. The van der Waals surface area contributed by atoms with Gasteiger partial charge in [0.2, 0.25) is 0 Å². The number of ether oxygens (including phenoxy) is 1. The van der Waals surface area contributed by atoms with Crippen molar-refractivity contribution in [3.05, 3.63) is 0 Å². The van der Waals surface area contributed by atoms with Crippen molar-refractivity contribution in [1.29, 1.82) is 0 Å². The maximum atomic E-state index is 10.3. The van der Waals surface area contributed by atoms with Gasteiger partial charge in [-0.25, -0.2) is 0 Å². The largest absolute Gasteiger partial charge is 0.377 e. The van der Waals surface area contributed by atoms with E-state index in [-0.39, 0.29) is 19.8 Å². The fourth-order valence-corrected chi connectivity index (χ4v) is 0.263. The second-order valence-electron chi connectivity index (χ2n) is 1.33. The van der Waals surface area contributed by atoms with Crippen LogP contribution in [0.5, 0.6) is 0 Å². The van der Waals surface area contributed by atoms with Crippen LogP contribution in [-0.2, 0) is 9.53 Å². The van der Waals surface area contributed by atoms with Gasteiger partial charge in [-0.2, -0.15) is 0 Å². The second-order valence-corrected chi connectivity index (χ2v) is 1.33. The predicted octanol–water partition coefficient (Wildman–Crippen LogP) is 1.25. The van der Waals surface area contributed by atoms with Gasteiger partial charge in [0.15, 0.2) is 5.78 Å². The van der Waals surface area contributed by atoms with Crippen LogP contribution in [0.2, 0.25) is 0 Å². The quantitative estimate of drug-likeness (QED) is 0.557. The molecule has 0 aliphatic carbocycles. The van der Waals surface area contributed by atoms with Crippen molar-refractivity contribution in [2.45, 2.75) is 20.8 Å². The Morgan fingerprint density at radius 1 is 1.62 bits per heavy atom. The summed E-state index contributed by atoms with van der Waals surface area (Å²) in [6, 6.07) is 0. The molecule has 0 bridgehead atoms. The van der Waals surface area contributed by atoms with Gasteiger partial charge >= 0.3 is 0 Å². The molecule has 0 aromatic heterocycles. The summed E-state index contributed by atoms with van der Waals surface area (Å²) in [6.07, 6.45) is 0.577. The van der Waals surface area contributed by atoms with Crippen molar-refractivity contribution in [2.75, 3.05) is 13.7 Å².